The summed E-state index contributed by atoms with van der Waals surface area (Å²) in [7, 11) is 0. The van der Waals surface area contributed by atoms with E-state index < -0.39 is 18.4 Å². The van der Waals surface area contributed by atoms with Gasteiger partial charge in [0.05, 0.1) is 6.61 Å². The number of carboxylic acids is 1. The predicted octanol–water partition coefficient (Wildman–Crippen LogP) is -0.283. The van der Waals surface area contributed by atoms with Gasteiger partial charge in [-0.05, 0) is 20.8 Å². The van der Waals surface area contributed by atoms with Crippen LogP contribution in [0.4, 0.5) is 0 Å². The molecule has 0 atom stereocenters. The Morgan fingerprint density at radius 3 is 1.77 bits per heavy atom. The number of hydrogen-bond donors (Lipinski definition) is 4. The number of rotatable bonds is 2. The van der Waals surface area contributed by atoms with Gasteiger partial charge in [-0.3, -0.25) is 0 Å². The summed E-state index contributed by atoms with van der Waals surface area (Å²) >= 11 is 0. The maximum absolute atomic E-state index is 9.86. The summed E-state index contributed by atoms with van der Waals surface area (Å²) in [6, 6.07) is 0. The molecular formula is C8H16O5. The van der Waals surface area contributed by atoms with Crippen LogP contribution in [0, 0.1) is 0 Å². The molecule has 0 fully saturated rings. The molecule has 0 aliphatic rings. The SMILES string of the molecule is CC(O)(O)CO.CC=C(C)C(=O)O. The van der Waals surface area contributed by atoms with Crippen molar-refractivity contribution in [2.45, 2.75) is 26.6 Å². The number of carboxylic acid groups (broad SMARTS) is 1. The van der Waals surface area contributed by atoms with Gasteiger partial charge in [-0.1, -0.05) is 6.08 Å². The van der Waals surface area contributed by atoms with Gasteiger partial charge in [0.25, 0.3) is 0 Å². The van der Waals surface area contributed by atoms with Crippen molar-refractivity contribution in [3.05, 3.63) is 11.6 Å². The lowest BCUT2D eigenvalue weighted by molar-refractivity contribution is -0.171. The Morgan fingerprint density at radius 1 is 1.46 bits per heavy atom. The van der Waals surface area contributed by atoms with Crippen LogP contribution < -0.4 is 0 Å². The number of aliphatic hydroxyl groups is 3. The fourth-order valence-electron chi connectivity index (χ4n) is 0.123. The molecule has 0 unspecified atom stereocenters. The van der Waals surface area contributed by atoms with E-state index in [0.29, 0.717) is 5.57 Å². The van der Waals surface area contributed by atoms with Crippen molar-refractivity contribution in [3.8, 4) is 0 Å². The van der Waals surface area contributed by atoms with Gasteiger partial charge >= 0.3 is 5.97 Å². The molecule has 0 rings (SSSR count). The van der Waals surface area contributed by atoms with Gasteiger partial charge in [0.15, 0.2) is 5.79 Å². The van der Waals surface area contributed by atoms with Gasteiger partial charge in [0, 0.05) is 5.57 Å². The number of aliphatic hydroxyl groups excluding tert-OH is 1. The second-order valence-electron chi connectivity index (χ2n) is 2.65. The molecule has 0 radical (unpaired) electrons. The van der Waals surface area contributed by atoms with Crippen LogP contribution in [0.3, 0.4) is 0 Å². The lowest BCUT2D eigenvalue weighted by atomic mass is 10.3. The molecule has 0 aromatic rings. The zero-order valence-electron chi connectivity index (χ0n) is 7.98. The van der Waals surface area contributed by atoms with E-state index in [4.69, 9.17) is 20.4 Å². The summed E-state index contributed by atoms with van der Waals surface area (Å²) in [5, 5.41) is 32.3. The van der Waals surface area contributed by atoms with Crippen molar-refractivity contribution in [1.82, 2.24) is 0 Å². The molecule has 0 spiro atoms. The summed E-state index contributed by atoms with van der Waals surface area (Å²) in [6.45, 7) is 3.74. The first-order chi connectivity index (χ1) is 5.74. The van der Waals surface area contributed by atoms with Crippen molar-refractivity contribution in [2.24, 2.45) is 0 Å². The zero-order chi connectivity index (χ0) is 11.1. The molecule has 5 heteroatoms. The Bertz CT molecular complexity index is 177. The summed E-state index contributed by atoms with van der Waals surface area (Å²) in [5.41, 5.74) is 0.389. The highest BCUT2D eigenvalue weighted by Crippen LogP contribution is 1.90. The molecule has 78 valence electrons. The van der Waals surface area contributed by atoms with Crippen molar-refractivity contribution in [2.75, 3.05) is 6.61 Å². The van der Waals surface area contributed by atoms with Crippen LogP contribution in [0.25, 0.3) is 0 Å². The minimum atomic E-state index is -1.90. The summed E-state index contributed by atoms with van der Waals surface area (Å²) in [5.74, 6) is -2.75. The van der Waals surface area contributed by atoms with Crippen molar-refractivity contribution >= 4 is 5.97 Å². The van der Waals surface area contributed by atoms with Crippen LogP contribution in [-0.4, -0.2) is 38.8 Å². The zero-order valence-corrected chi connectivity index (χ0v) is 7.98. The van der Waals surface area contributed by atoms with E-state index in [0.717, 1.165) is 6.92 Å². The lowest BCUT2D eigenvalue weighted by Gasteiger charge is -2.09. The maximum atomic E-state index is 9.86. The third-order valence-corrected chi connectivity index (χ3v) is 1.07. The average Bonchev–Trinajstić information content (AvgIpc) is 2.02. The second-order valence-corrected chi connectivity index (χ2v) is 2.65. The first-order valence-electron chi connectivity index (χ1n) is 3.66. The van der Waals surface area contributed by atoms with E-state index in [1.807, 2.05) is 0 Å². The van der Waals surface area contributed by atoms with Gasteiger partial charge in [-0.2, -0.15) is 0 Å². The summed E-state index contributed by atoms with van der Waals surface area (Å²) in [4.78, 5) is 9.86. The number of hydrogen-bond acceptors (Lipinski definition) is 4. The molecule has 0 aliphatic carbocycles. The molecule has 0 aliphatic heterocycles. The summed E-state index contributed by atoms with van der Waals surface area (Å²) < 4.78 is 0. The predicted molar refractivity (Wildman–Crippen MR) is 47.0 cm³/mol. The Morgan fingerprint density at radius 2 is 1.77 bits per heavy atom. The van der Waals surface area contributed by atoms with Crippen LogP contribution in [0.2, 0.25) is 0 Å². The van der Waals surface area contributed by atoms with Crippen molar-refractivity contribution in [1.29, 1.82) is 0 Å². The van der Waals surface area contributed by atoms with Crippen LogP contribution in [0.5, 0.6) is 0 Å². The van der Waals surface area contributed by atoms with E-state index in [1.54, 1.807) is 19.9 Å². The molecule has 5 nitrogen and oxygen atoms in total. The highest BCUT2D eigenvalue weighted by Gasteiger charge is 2.10. The Kier molecular flexibility index (Phi) is 7.40. The van der Waals surface area contributed by atoms with E-state index in [9.17, 15) is 4.79 Å². The molecule has 13 heavy (non-hydrogen) atoms. The van der Waals surface area contributed by atoms with Crippen LogP contribution in [-0.2, 0) is 4.79 Å². The van der Waals surface area contributed by atoms with E-state index in [-0.39, 0.29) is 0 Å². The van der Waals surface area contributed by atoms with Crippen molar-refractivity contribution in [3.63, 3.8) is 0 Å². The lowest BCUT2D eigenvalue weighted by Crippen LogP contribution is -2.27. The number of aliphatic carboxylic acids is 1. The minimum absolute atomic E-state index is 0.389. The first kappa shape index (κ1) is 14.6. The second kappa shape index (κ2) is 6.59. The fraction of sp³-hybridized carbons (Fsp3) is 0.625. The quantitative estimate of drug-likeness (QED) is 0.356. The monoisotopic (exact) mass is 192 g/mol. The van der Waals surface area contributed by atoms with Gasteiger partial charge in [0.2, 0.25) is 0 Å². The van der Waals surface area contributed by atoms with E-state index in [2.05, 4.69) is 0 Å². The molecule has 0 heterocycles. The van der Waals surface area contributed by atoms with E-state index >= 15 is 0 Å². The van der Waals surface area contributed by atoms with Gasteiger partial charge in [0.1, 0.15) is 0 Å². The smallest absolute Gasteiger partial charge is 0.330 e. The first-order valence-corrected chi connectivity index (χ1v) is 3.66. The van der Waals surface area contributed by atoms with E-state index in [1.165, 1.54) is 0 Å². The van der Waals surface area contributed by atoms with Gasteiger partial charge in [-0.15, -0.1) is 0 Å². The minimum Gasteiger partial charge on any atom is -0.478 e. The fourth-order valence-corrected chi connectivity index (χ4v) is 0.123. The molecule has 0 bridgehead atoms. The van der Waals surface area contributed by atoms with Crippen LogP contribution >= 0.6 is 0 Å². The average molecular weight is 192 g/mol. The summed E-state index contributed by atoms with van der Waals surface area (Å²) in [6.07, 6.45) is 1.56. The Labute approximate surface area is 76.9 Å². The topological polar surface area (TPSA) is 98.0 Å². The molecule has 0 aromatic carbocycles. The van der Waals surface area contributed by atoms with Crippen molar-refractivity contribution < 1.29 is 25.2 Å². The molecule has 0 saturated heterocycles. The third-order valence-electron chi connectivity index (χ3n) is 1.07. The highest BCUT2D eigenvalue weighted by molar-refractivity contribution is 5.85. The van der Waals surface area contributed by atoms with Crippen LogP contribution in [0.15, 0.2) is 11.6 Å². The molecule has 0 saturated carbocycles. The molecule has 0 amide bonds. The third kappa shape index (κ3) is 14.0. The van der Waals surface area contributed by atoms with Gasteiger partial charge < -0.3 is 20.4 Å². The Hall–Kier alpha value is -0.910. The maximum Gasteiger partial charge on any atom is 0.330 e. The number of allylic oxidation sites excluding steroid dienone is 1. The number of carbonyl (C=O) groups is 1. The molecule has 0 aromatic heterocycles. The standard InChI is InChI=1S/C5H8O2.C3H8O3/c1-3-4(2)5(6)7;1-3(5,6)2-4/h3H,1-2H3,(H,6,7);4-6H,2H2,1H3. The van der Waals surface area contributed by atoms with Gasteiger partial charge in [-0.25, -0.2) is 4.79 Å². The molecule has 4 N–H and O–H groups in total. The normalized spacial score (nSPS) is 11.7. The highest BCUT2D eigenvalue weighted by atomic mass is 16.5. The van der Waals surface area contributed by atoms with Crippen LogP contribution in [0.1, 0.15) is 20.8 Å². The Balaban J connectivity index is 0. The molecular weight excluding hydrogens is 176 g/mol. The largest absolute Gasteiger partial charge is 0.478 e.